The lowest BCUT2D eigenvalue weighted by Gasteiger charge is -2.11. The molecule has 0 amide bonds. The minimum absolute atomic E-state index is 1.16. The molecule has 2 nitrogen and oxygen atoms in total. The van der Waals surface area contributed by atoms with Gasteiger partial charge >= 0.3 is 0 Å². The van der Waals surface area contributed by atoms with Crippen LogP contribution in [0.4, 0.5) is 5.69 Å². The molecule has 0 saturated carbocycles. The minimum Gasteiger partial charge on any atom is -0.361 e. The van der Waals surface area contributed by atoms with E-state index in [0.29, 0.717) is 0 Å². The van der Waals surface area contributed by atoms with Crippen molar-refractivity contribution in [3.8, 4) is 0 Å². The van der Waals surface area contributed by atoms with Gasteiger partial charge in [0.1, 0.15) is 0 Å². The number of hydrogen-bond donors (Lipinski definition) is 2. The molecule has 0 fully saturated rings. The molecule has 2 N–H and O–H groups in total. The van der Waals surface area contributed by atoms with Crippen LogP contribution in [0.1, 0.15) is 22.3 Å². The van der Waals surface area contributed by atoms with Gasteiger partial charge < -0.3 is 4.98 Å². The van der Waals surface area contributed by atoms with Crippen molar-refractivity contribution in [2.45, 2.75) is 6.92 Å². The molecule has 2 heteroatoms. The van der Waals surface area contributed by atoms with Crippen LogP contribution in [0, 0.1) is 6.92 Å². The molecule has 5 rings (SSSR count). The number of rotatable bonds is 2. The minimum atomic E-state index is 1.16. The number of benzene rings is 3. The predicted octanol–water partition coefficient (Wildman–Crippen LogP) is 4.23. The zero-order chi connectivity index (χ0) is 17.5. The fraction of sp³-hybridized carbons (Fsp3) is 0.0417. The van der Waals surface area contributed by atoms with Crippen LogP contribution >= 0.6 is 0 Å². The largest absolute Gasteiger partial charge is 0.361 e. The second-order valence-corrected chi connectivity index (χ2v) is 6.74. The lowest BCUT2D eigenvalue weighted by molar-refractivity contribution is -0.342. The molecule has 0 atom stereocenters. The first-order valence-corrected chi connectivity index (χ1v) is 8.88. The quantitative estimate of drug-likeness (QED) is 0.549. The maximum Gasteiger partial charge on any atom is 0.211 e. The summed E-state index contributed by atoms with van der Waals surface area (Å²) in [5.74, 6) is 0. The number of allylic oxidation sites excluding steroid dienone is 1. The van der Waals surface area contributed by atoms with Crippen molar-refractivity contribution < 1.29 is 4.99 Å². The van der Waals surface area contributed by atoms with Gasteiger partial charge in [-0.3, -0.25) is 0 Å². The van der Waals surface area contributed by atoms with Crippen LogP contribution in [0.3, 0.4) is 0 Å². The van der Waals surface area contributed by atoms with E-state index in [1.807, 2.05) is 0 Å². The fourth-order valence-corrected chi connectivity index (χ4v) is 3.81. The third-order valence-electron chi connectivity index (χ3n) is 5.02. The monoisotopic (exact) mass is 335 g/mol. The molecule has 1 aliphatic heterocycles. The van der Waals surface area contributed by atoms with Gasteiger partial charge in [0.15, 0.2) is 6.21 Å². The highest BCUT2D eigenvalue weighted by atomic mass is 14.8. The van der Waals surface area contributed by atoms with Gasteiger partial charge in [0.25, 0.3) is 0 Å². The Morgan fingerprint density at radius 1 is 0.885 bits per heavy atom. The van der Waals surface area contributed by atoms with Crippen molar-refractivity contribution in [3.05, 3.63) is 101 Å². The Labute approximate surface area is 152 Å². The van der Waals surface area contributed by atoms with E-state index in [2.05, 4.69) is 102 Å². The van der Waals surface area contributed by atoms with Gasteiger partial charge in [-0.05, 0) is 24.6 Å². The van der Waals surface area contributed by atoms with E-state index in [4.69, 9.17) is 0 Å². The molecule has 4 aromatic rings. The summed E-state index contributed by atoms with van der Waals surface area (Å²) in [5, 5.41) is 1.24. The summed E-state index contributed by atoms with van der Waals surface area (Å²) in [6.07, 6.45) is 4.26. The van der Waals surface area contributed by atoms with Crippen molar-refractivity contribution >= 4 is 34.0 Å². The number of fused-ring (bicyclic) bond motifs is 2. The zero-order valence-corrected chi connectivity index (χ0v) is 14.6. The Bertz CT molecular complexity index is 1190. The first-order valence-electron chi connectivity index (χ1n) is 8.88. The van der Waals surface area contributed by atoms with Crippen LogP contribution in [0.15, 0.2) is 79.0 Å². The van der Waals surface area contributed by atoms with Crippen molar-refractivity contribution in [1.82, 2.24) is 4.98 Å². The molecule has 0 saturated heterocycles. The number of aromatic amines is 1. The highest BCUT2D eigenvalue weighted by Gasteiger charge is 2.24. The summed E-state index contributed by atoms with van der Waals surface area (Å²) < 4.78 is 0. The molecule has 3 aromatic carbocycles. The number of nitrogens with one attached hydrogen (secondary N) is 2. The maximum atomic E-state index is 3.43. The Hall–Kier alpha value is -3.39. The van der Waals surface area contributed by atoms with Crippen molar-refractivity contribution in [1.29, 1.82) is 0 Å². The van der Waals surface area contributed by atoms with Gasteiger partial charge in [0, 0.05) is 34.3 Å². The summed E-state index contributed by atoms with van der Waals surface area (Å²) in [5.41, 5.74) is 9.78. The summed E-state index contributed by atoms with van der Waals surface area (Å²) >= 11 is 0. The van der Waals surface area contributed by atoms with Gasteiger partial charge in [-0.2, -0.15) is 0 Å². The SMILES string of the molecule is Cc1cccc(/C(=C2/C=[NH+]c3ccccc32)c2c[nH]c3ccccc23)c1. The lowest BCUT2D eigenvalue weighted by Crippen LogP contribution is -2.58. The lowest BCUT2D eigenvalue weighted by atomic mass is 9.89. The number of para-hydroxylation sites is 2. The number of aryl methyl sites for hydroxylation is 1. The van der Waals surface area contributed by atoms with Gasteiger partial charge in [-0.25, -0.2) is 4.99 Å². The van der Waals surface area contributed by atoms with Crippen molar-refractivity contribution in [3.63, 3.8) is 0 Å². The van der Waals surface area contributed by atoms with Crippen molar-refractivity contribution in [2.75, 3.05) is 0 Å². The molecule has 0 radical (unpaired) electrons. The first-order chi connectivity index (χ1) is 12.8. The predicted molar refractivity (Wildman–Crippen MR) is 109 cm³/mol. The second kappa shape index (κ2) is 5.85. The van der Waals surface area contributed by atoms with E-state index in [9.17, 15) is 0 Å². The Morgan fingerprint density at radius 2 is 1.73 bits per heavy atom. The number of aromatic nitrogens is 1. The van der Waals surface area contributed by atoms with E-state index in [-0.39, 0.29) is 0 Å². The maximum absolute atomic E-state index is 3.43. The van der Waals surface area contributed by atoms with Crippen LogP contribution < -0.4 is 4.99 Å². The Balaban J connectivity index is 1.86. The van der Waals surface area contributed by atoms with Crippen LogP contribution in [0.25, 0.3) is 22.0 Å². The van der Waals surface area contributed by atoms with Crippen LogP contribution in [-0.2, 0) is 0 Å². The summed E-state index contributed by atoms with van der Waals surface area (Å²) in [7, 11) is 0. The number of hydrogen-bond acceptors (Lipinski definition) is 0. The third kappa shape index (κ3) is 2.31. The molecular formula is C24H19N2+. The highest BCUT2D eigenvalue weighted by Crippen LogP contribution is 2.37. The summed E-state index contributed by atoms with van der Waals surface area (Å²) in [6, 6.07) is 25.7. The van der Waals surface area contributed by atoms with Crippen molar-refractivity contribution in [2.24, 2.45) is 0 Å². The second-order valence-electron chi connectivity index (χ2n) is 6.74. The Morgan fingerprint density at radius 3 is 2.65 bits per heavy atom. The van der Waals surface area contributed by atoms with Gasteiger partial charge in [0.2, 0.25) is 5.69 Å². The molecule has 0 spiro atoms. The summed E-state index contributed by atoms with van der Waals surface area (Å²) in [6.45, 7) is 2.14. The molecular weight excluding hydrogens is 316 g/mol. The van der Waals surface area contributed by atoms with Crippen LogP contribution in [-0.4, -0.2) is 11.2 Å². The van der Waals surface area contributed by atoms with Gasteiger partial charge in [-0.15, -0.1) is 0 Å². The van der Waals surface area contributed by atoms with E-state index < -0.39 is 0 Å². The number of H-pyrrole nitrogens is 1. The summed E-state index contributed by atoms with van der Waals surface area (Å²) in [4.78, 5) is 6.86. The average molecular weight is 335 g/mol. The zero-order valence-electron chi connectivity index (χ0n) is 14.6. The highest BCUT2D eigenvalue weighted by molar-refractivity contribution is 6.24. The van der Waals surface area contributed by atoms with Crippen LogP contribution in [0.5, 0.6) is 0 Å². The molecule has 1 aromatic heterocycles. The van der Waals surface area contributed by atoms with Crippen LogP contribution in [0.2, 0.25) is 0 Å². The van der Waals surface area contributed by atoms with Gasteiger partial charge in [0.05, 0.1) is 11.1 Å². The van der Waals surface area contributed by atoms with E-state index in [0.717, 1.165) is 11.2 Å². The fourth-order valence-electron chi connectivity index (χ4n) is 3.81. The van der Waals surface area contributed by atoms with E-state index in [1.54, 1.807) is 0 Å². The molecule has 0 bridgehead atoms. The standard InChI is InChI=1S/C24H18N2/c1-16-7-6-8-17(13-16)24(20-14-25-22-11-4-2-9-18(20)22)21-15-26-23-12-5-3-10-19(21)23/h2-15,25H,1H3/p+1/b24-21+. The molecule has 0 aliphatic carbocycles. The smallest absolute Gasteiger partial charge is 0.211 e. The molecule has 26 heavy (non-hydrogen) atoms. The average Bonchev–Trinajstić information content (AvgIpc) is 3.28. The Kier molecular flexibility index (Phi) is 3.36. The third-order valence-corrected chi connectivity index (χ3v) is 5.02. The molecule has 2 heterocycles. The molecule has 0 unspecified atom stereocenters. The normalized spacial score (nSPS) is 14.7. The molecule has 124 valence electrons. The topological polar surface area (TPSA) is 29.8 Å². The van der Waals surface area contributed by atoms with E-state index >= 15 is 0 Å². The molecule has 1 aliphatic rings. The van der Waals surface area contributed by atoms with E-state index in [1.165, 1.54) is 38.8 Å². The first kappa shape index (κ1) is 14.9. The van der Waals surface area contributed by atoms with Gasteiger partial charge in [-0.1, -0.05) is 60.2 Å².